The topological polar surface area (TPSA) is 68.0 Å². The smallest absolute Gasteiger partial charge is 0.255 e. The highest BCUT2D eigenvalue weighted by molar-refractivity contribution is 9.10. The van der Waals surface area contributed by atoms with E-state index in [0.29, 0.717) is 11.0 Å². The van der Waals surface area contributed by atoms with Crippen molar-refractivity contribution in [3.05, 3.63) is 22.3 Å². The molecule has 1 aromatic heterocycles. The highest BCUT2D eigenvalue weighted by Crippen LogP contribution is 2.47. The van der Waals surface area contributed by atoms with E-state index in [0.717, 1.165) is 17.4 Å². The molecule has 0 unspecified atom stereocenters. The lowest BCUT2D eigenvalue weighted by Crippen LogP contribution is -2.30. The number of carbonyl (C=O) groups excluding carboxylic acids is 1. The van der Waals surface area contributed by atoms with Crippen molar-refractivity contribution in [1.82, 2.24) is 10.3 Å². The number of aromatic nitrogens is 1. The minimum atomic E-state index is -0.143. The summed E-state index contributed by atoms with van der Waals surface area (Å²) in [5.74, 6) is 0.128. The molecule has 17 heavy (non-hydrogen) atoms. The van der Waals surface area contributed by atoms with Gasteiger partial charge in [0.1, 0.15) is 5.82 Å². The number of halogens is 1. The number of nitrogens with zero attached hydrogens (tertiary/aromatic N) is 1. The molecule has 1 aromatic rings. The van der Waals surface area contributed by atoms with Crippen LogP contribution in [0.2, 0.25) is 0 Å². The molecule has 0 radical (unpaired) electrons. The van der Waals surface area contributed by atoms with Crippen molar-refractivity contribution in [2.24, 2.45) is 5.41 Å². The molecular formula is C12H16BrN3O. The van der Waals surface area contributed by atoms with Gasteiger partial charge in [0.2, 0.25) is 0 Å². The van der Waals surface area contributed by atoms with Gasteiger partial charge >= 0.3 is 0 Å². The molecule has 2 rings (SSSR count). The van der Waals surface area contributed by atoms with Crippen LogP contribution < -0.4 is 11.1 Å². The van der Waals surface area contributed by atoms with Crippen molar-refractivity contribution < 1.29 is 4.79 Å². The number of pyridine rings is 1. The van der Waals surface area contributed by atoms with Crippen molar-refractivity contribution in [2.45, 2.75) is 26.2 Å². The number of anilines is 1. The van der Waals surface area contributed by atoms with Crippen LogP contribution >= 0.6 is 15.9 Å². The second-order valence-electron chi connectivity index (χ2n) is 4.62. The van der Waals surface area contributed by atoms with Crippen LogP contribution in [0.4, 0.5) is 5.82 Å². The van der Waals surface area contributed by atoms with E-state index in [4.69, 9.17) is 5.73 Å². The molecular weight excluding hydrogens is 282 g/mol. The molecule has 1 aliphatic rings. The first kappa shape index (κ1) is 12.4. The van der Waals surface area contributed by atoms with Gasteiger partial charge in [0.05, 0.1) is 5.56 Å². The van der Waals surface area contributed by atoms with Crippen molar-refractivity contribution in [3.8, 4) is 0 Å². The first-order valence-corrected chi connectivity index (χ1v) is 6.55. The van der Waals surface area contributed by atoms with Gasteiger partial charge in [0, 0.05) is 17.2 Å². The van der Waals surface area contributed by atoms with Crippen molar-refractivity contribution >= 4 is 27.7 Å². The highest BCUT2D eigenvalue weighted by Gasteiger charge is 2.40. The quantitative estimate of drug-likeness (QED) is 0.896. The number of amides is 1. The van der Waals surface area contributed by atoms with Gasteiger partial charge in [-0.25, -0.2) is 4.98 Å². The Bertz CT molecular complexity index is 443. The van der Waals surface area contributed by atoms with E-state index >= 15 is 0 Å². The SMILES string of the molecule is CCC1(CNC(=O)c2cc(Br)cnc2N)CC1. The molecule has 0 bridgehead atoms. The zero-order valence-corrected chi connectivity index (χ0v) is 11.4. The Kier molecular flexibility index (Phi) is 3.38. The Labute approximate surface area is 109 Å². The first-order chi connectivity index (χ1) is 8.06. The molecule has 4 nitrogen and oxygen atoms in total. The Morgan fingerprint density at radius 1 is 1.65 bits per heavy atom. The Hall–Kier alpha value is -1.10. The third-order valence-electron chi connectivity index (χ3n) is 3.46. The fourth-order valence-corrected chi connectivity index (χ4v) is 2.16. The summed E-state index contributed by atoms with van der Waals surface area (Å²) in [7, 11) is 0. The summed E-state index contributed by atoms with van der Waals surface area (Å²) in [6.45, 7) is 2.89. The molecule has 1 fully saturated rings. The zero-order valence-electron chi connectivity index (χ0n) is 9.79. The van der Waals surface area contributed by atoms with Gasteiger partial charge in [-0.05, 0) is 46.7 Å². The van der Waals surface area contributed by atoms with Crippen LogP contribution in [0.1, 0.15) is 36.5 Å². The highest BCUT2D eigenvalue weighted by atomic mass is 79.9. The normalized spacial score (nSPS) is 16.6. The molecule has 0 aromatic carbocycles. The largest absolute Gasteiger partial charge is 0.383 e. The van der Waals surface area contributed by atoms with Crippen LogP contribution in [0.5, 0.6) is 0 Å². The number of nitrogens with two attached hydrogens (primary N) is 1. The van der Waals surface area contributed by atoms with Gasteiger partial charge in [-0.3, -0.25) is 4.79 Å². The van der Waals surface area contributed by atoms with E-state index in [1.807, 2.05) is 0 Å². The maximum Gasteiger partial charge on any atom is 0.255 e. The molecule has 5 heteroatoms. The molecule has 3 N–H and O–H groups in total. The van der Waals surface area contributed by atoms with E-state index < -0.39 is 0 Å². The van der Waals surface area contributed by atoms with Crippen LogP contribution in [0.3, 0.4) is 0 Å². The number of nitrogens with one attached hydrogen (secondary N) is 1. The maximum atomic E-state index is 12.0. The monoisotopic (exact) mass is 297 g/mol. The third-order valence-corrected chi connectivity index (χ3v) is 3.89. The minimum Gasteiger partial charge on any atom is -0.383 e. The van der Waals surface area contributed by atoms with Gasteiger partial charge in [0.25, 0.3) is 5.91 Å². The van der Waals surface area contributed by atoms with E-state index in [2.05, 4.69) is 33.2 Å². The molecule has 1 heterocycles. The summed E-state index contributed by atoms with van der Waals surface area (Å²) in [6, 6.07) is 1.70. The number of carbonyl (C=O) groups is 1. The van der Waals surface area contributed by atoms with Gasteiger partial charge in [0.15, 0.2) is 0 Å². The van der Waals surface area contributed by atoms with Crippen LogP contribution in [-0.4, -0.2) is 17.4 Å². The molecule has 0 aliphatic heterocycles. The lowest BCUT2D eigenvalue weighted by molar-refractivity contribution is 0.0945. The number of hydrogen-bond acceptors (Lipinski definition) is 3. The average molecular weight is 298 g/mol. The average Bonchev–Trinajstić information content (AvgIpc) is 3.10. The predicted octanol–water partition coefficient (Wildman–Crippen LogP) is 2.35. The fourth-order valence-electron chi connectivity index (χ4n) is 1.83. The maximum absolute atomic E-state index is 12.0. The number of rotatable bonds is 4. The molecule has 0 atom stereocenters. The first-order valence-electron chi connectivity index (χ1n) is 5.75. The summed E-state index contributed by atoms with van der Waals surface area (Å²) in [4.78, 5) is 15.9. The van der Waals surface area contributed by atoms with Gasteiger partial charge in [-0.2, -0.15) is 0 Å². The second-order valence-corrected chi connectivity index (χ2v) is 5.54. The molecule has 1 aliphatic carbocycles. The van der Waals surface area contributed by atoms with E-state index in [1.165, 1.54) is 12.8 Å². The zero-order chi connectivity index (χ0) is 12.5. The molecule has 0 spiro atoms. The van der Waals surface area contributed by atoms with Crippen molar-refractivity contribution in [1.29, 1.82) is 0 Å². The Balaban J connectivity index is 2.02. The number of hydrogen-bond donors (Lipinski definition) is 2. The van der Waals surface area contributed by atoms with E-state index in [1.54, 1.807) is 12.3 Å². The van der Waals surface area contributed by atoms with Crippen LogP contribution in [0.25, 0.3) is 0 Å². The molecule has 1 saturated carbocycles. The molecule has 92 valence electrons. The lowest BCUT2D eigenvalue weighted by Gasteiger charge is -2.13. The minimum absolute atomic E-state index is 0.143. The molecule has 0 saturated heterocycles. The third kappa shape index (κ3) is 2.77. The standard InChI is InChI=1S/C12H16BrN3O/c1-2-12(3-4-12)7-16-11(17)9-5-8(13)6-15-10(9)14/h5-6H,2-4,7H2,1H3,(H2,14,15)(H,16,17). The summed E-state index contributed by atoms with van der Waals surface area (Å²) in [5.41, 5.74) is 6.46. The van der Waals surface area contributed by atoms with Crippen LogP contribution in [0.15, 0.2) is 16.7 Å². The van der Waals surface area contributed by atoms with Crippen LogP contribution in [-0.2, 0) is 0 Å². The van der Waals surface area contributed by atoms with Crippen molar-refractivity contribution in [2.75, 3.05) is 12.3 Å². The lowest BCUT2D eigenvalue weighted by atomic mass is 10.0. The van der Waals surface area contributed by atoms with Gasteiger partial charge < -0.3 is 11.1 Å². The summed E-state index contributed by atoms with van der Waals surface area (Å²) in [5, 5.41) is 2.94. The van der Waals surface area contributed by atoms with E-state index in [9.17, 15) is 4.79 Å². The summed E-state index contributed by atoms with van der Waals surface area (Å²) >= 11 is 3.28. The Morgan fingerprint density at radius 2 is 2.35 bits per heavy atom. The fraction of sp³-hybridized carbons (Fsp3) is 0.500. The van der Waals surface area contributed by atoms with Gasteiger partial charge in [-0.15, -0.1) is 0 Å². The Morgan fingerprint density at radius 3 is 2.94 bits per heavy atom. The van der Waals surface area contributed by atoms with Gasteiger partial charge in [-0.1, -0.05) is 6.92 Å². The second kappa shape index (κ2) is 4.64. The van der Waals surface area contributed by atoms with E-state index in [-0.39, 0.29) is 11.7 Å². The summed E-state index contributed by atoms with van der Waals surface area (Å²) in [6.07, 6.45) is 5.10. The summed E-state index contributed by atoms with van der Waals surface area (Å²) < 4.78 is 0.758. The van der Waals surface area contributed by atoms with Crippen LogP contribution in [0, 0.1) is 5.41 Å². The van der Waals surface area contributed by atoms with Crippen molar-refractivity contribution in [3.63, 3.8) is 0 Å². The molecule has 1 amide bonds. The number of nitrogen functional groups attached to an aromatic ring is 1. The predicted molar refractivity (Wildman–Crippen MR) is 70.6 cm³/mol.